The molecule has 1 saturated heterocycles. The molecular weight excluding hydrogens is 326 g/mol. The molecule has 2 aliphatic heterocycles. The zero-order chi connectivity index (χ0) is 18.2. The average Bonchev–Trinajstić information content (AvgIpc) is 3.10. The van der Waals surface area contributed by atoms with E-state index in [1.165, 1.54) is 12.0 Å². The molecule has 1 aromatic carbocycles. The van der Waals surface area contributed by atoms with E-state index >= 15 is 0 Å². The Morgan fingerprint density at radius 3 is 2.88 bits per heavy atom. The highest BCUT2D eigenvalue weighted by Crippen LogP contribution is 2.41. The summed E-state index contributed by atoms with van der Waals surface area (Å²) in [5.41, 5.74) is 0.736. The fourth-order valence-corrected chi connectivity index (χ4v) is 3.37. The van der Waals surface area contributed by atoms with Crippen LogP contribution in [0.25, 0.3) is 0 Å². The lowest BCUT2D eigenvalue weighted by Crippen LogP contribution is -2.43. The topological polar surface area (TPSA) is 85.3 Å². The van der Waals surface area contributed by atoms with Crippen LogP contribution in [0.2, 0.25) is 0 Å². The van der Waals surface area contributed by atoms with Crippen molar-refractivity contribution in [1.82, 2.24) is 4.90 Å². The fourth-order valence-electron chi connectivity index (χ4n) is 3.37. The highest BCUT2D eigenvalue weighted by molar-refractivity contribution is 5.86. The summed E-state index contributed by atoms with van der Waals surface area (Å²) in [5, 5.41) is 9.77. The van der Waals surface area contributed by atoms with Crippen LogP contribution in [-0.4, -0.2) is 59.9 Å². The van der Waals surface area contributed by atoms with Crippen LogP contribution in [0.3, 0.4) is 0 Å². The van der Waals surface area contributed by atoms with Gasteiger partial charge >= 0.3 is 5.97 Å². The van der Waals surface area contributed by atoms with Crippen molar-refractivity contribution in [3.05, 3.63) is 23.8 Å². The third kappa shape index (κ3) is 3.56. The van der Waals surface area contributed by atoms with E-state index in [9.17, 15) is 14.7 Å². The number of hydrogen-bond donors (Lipinski definition) is 1. The molecule has 1 aromatic rings. The Hall–Kier alpha value is -2.28. The van der Waals surface area contributed by atoms with E-state index in [1.807, 2.05) is 26.0 Å². The van der Waals surface area contributed by atoms with Crippen molar-refractivity contribution < 1.29 is 28.9 Å². The smallest absolute Gasteiger partial charge is 0.328 e. The SMILES string of the molecule is COC(=O)[C@@H]1C[C@@H](O)CN1C(=O)COc1cccc2c1OC(C)(C)C2. The molecule has 2 aliphatic rings. The lowest BCUT2D eigenvalue weighted by Gasteiger charge is -2.23. The number of nitrogens with zero attached hydrogens (tertiary/aromatic N) is 1. The number of carbonyl (C=O) groups excluding carboxylic acids is 2. The van der Waals surface area contributed by atoms with Gasteiger partial charge in [0.25, 0.3) is 5.91 Å². The normalized spacial score (nSPS) is 23.8. The maximum absolute atomic E-state index is 12.5. The minimum atomic E-state index is -0.771. The van der Waals surface area contributed by atoms with E-state index in [0.717, 1.165) is 12.0 Å². The minimum Gasteiger partial charge on any atom is -0.483 e. The van der Waals surface area contributed by atoms with Crippen LogP contribution in [0.5, 0.6) is 11.5 Å². The number of methoxy groups -OCH3 is 1. The number of ether oxygens (including phenoxy) is 3. The summed E-state index contributed by atoms with van der Waals surface area (Å²) in [6.07, 6.45) is 0.213. The molecule has 7 heteroatoms. The van der Waals surface area contributed by atoms with E-state index in [0.29, 0.717) is 11.5 Å². The van der Waals surface area contributed by atoms with Crippen LogP contribution in [-0.2, 0) is 20.7 Å². The molecule has 1 N–H and O–H groups in total. The summed E-state index contributed by atoms with van der Waals surface area (Å²) >= 11 is 0. The Bertz CT molecular complexity index is 686. The Balaban J connectivity index is 1.68. The largest absolute Gasteiger partial charge is 0.483 e. The van der Waals surface area contributed by atoms with Crippen molar-refractivity contribution in [1.29, 1.82) is 0 Å². The lowest BCUT2D eigenvalue weighted by molar-refractivity contribution is -0.151. The number of esters is 1. The second-order valence-corrected chi connectivity index (χ2v) is 7.05. The molecule has 2 heterocycles. The number of fused-ring (bicyclic) bond motifs is 1. The van der Waals surface area contributed by atoms with Gasteiger partial charge in [0.05, 0.1) is 13.2 Å². The predicted molar refractivity (Wildman–Crippen MR) is 88.5 cm³/mol. The first-order valence-electron chi connectivity index (χ1n) is 8.30. The molecule has 0 unspecified atom stereocenters. The van der Waals surface area contributed by atoms with Crippen LogP contribution in [0.15, 0.2) is 18.2 Å². The number of rotatable bonds is 4. The number of para-hydroxylation sites is 1. The standard InChI is InChI=1S/C18H23NO6/c1-18(2)8-11-5-4-6-14(16(11)25-18)24-10-15(21)19-9-12(20)7-13(19)17(22)23-3/h4-6,12-13,20H,7-10H2,1-3H3/t12-,13+/m1/s1. The summed E-state index contributed by atoms with van der Waals surface area (Å²) < 4.78 is 16.3. The summed E-state index contributed by atoms with van der Waals surface area (Å²) in [5.74, 6) is 0.259. The zero-order valence-corrected chi connectivity index (χ0v) is 14.7. The van der Waals surface area contributed by atoms with Gasteiger partial charge in [-0.05, 0) is 19.9 Å². The van der Waals surface area contributed by atoms with Gasteiger partial charge in [0.2, 0.25) is 0 Å². The fraction of sp³-hybridized carbons (Fsp3) is 0.556. The molecule has 136 valence electrons. The van der Waals surface area contributed by atoms with Gasteiger partial charge in [-0.15, -0.1) is 0 Å². The van der Waals surface area contributed by atoms with Crippen LogP contribution in [0.4, 0.5) is 0 Å². The third-order valence-corrected chi connectivity index (χ3v) is 4.48. The Morgan fingerprint density at radius 1 is 1.40 bits per heavy atom. The van der Waals surface area contributed by atoms with Gasteiger partial charge in [0.15, 0.2) is 18.1 Å². The molecule has 0 bridgehead atoms. The third-order valence-electron chi connectivity index (χ3n) is 4.48. The number of hydrogen-bond acceptors (Lipinski definition) is 6. The molecule has 25 heavy (non-hydrogen) atoms. The summed E-state index contributed by atoms with van der Waals surface area (Å²) in [6.45, 7) is 3.85. The highest BCUT2D eigenvalue weighted by atomic mass is 16.5. The number of aliphatic hydroxyl groups excluding tert-OH is 1. The molecule has 1 fully saturated rings. The molecule has 2 atom stereocenters. The van der Waals surface area contributed by atoms with Crippen LogP contribution >= 0.6 is 0 Å². The van der Waals surface area contributed by atoms with Crippen molar-refractivity contribution in [3.8, 4) is 11.5 Å². The number of likely N-dealkylation sites (tertiary alicyclic amines) is 1. The first-order chi connectivity index (χ1) is 11.8. The molecule has 1 amide bonds. The quantitative estimate of drug-likeness (QED) is 0.814. The Kier molecular flexibility index (Phi) is 4.60. The monoisotopic (exact) mass is 349 g/mol. The van der Waals surface area contributed by atoms with E-state index in [2.05, 4.69) is 0 Å². The second-order valence-electron chi connectivity index (χ2n) is 7.05. The molecule has 3 rings (SSSR count). The van der Waals surface area contributed by atoms with Crippen molar-refractivity contribution >= 4 is 11.9 Å². The van der Waals surface area contributed by atoms with Crippen LogP contribution < -0.4 is 9.47 Å². The maximum atomic E-state index is 12.5. The van der Waals surface area contributed by atoms with Crippen LogP contribution in [0, 0.1) is 0 Å². The molecule has 7 nitrogen and oxygen atoms in total. The zero-order valence-electron chi connectivity index (χ0n) is 14.7. The molecular formula is C18H23NO6. The predicted octanol–water partition coefficient (Wildman–Crippen LogP) is 0.914. The van der Waals surface area contributed by atoms with Gasteiger partial charge in [-0.25, -0.2) is 4.79 Å². The number of carbonyl (C=O) groups is 2. The van der Waals surface area contributed by atoms with Gasteiger partial charge in [0, 0.05) is 24.9 Å². The Morgan fingerprint density at radius 2 is 2.16 bits per heavy atom. The summed E-state index contributed by atoms with van der Waals surface area (Å²) in [4.78, 5) is 25.6. The van der Waals surface area contributed by atoms with Crippen LogP contribution in [0.1, 0.15) is 25.8 Å². The van der Waals surface area contributed by atoms with Gasteiger partial charge in [0.1, 0.15) is 11.6 Å². The molecule has 0 aliphatic carbocycles. The highest BCUT2D eigenvalue weighted by Gasteiger charge is 2.40. The van der Waals surface area contributed by atoms with E-state index in [4.69, 9.17) is 14.2 Å². The van der Waals surface area contributed by atoms with Gasteiger partial charge in [-0.2, -0.15) is 0 Å². The maximum Gasteiger partial charge on any atom is 0.328 e. The lowest BCUT2D eigenvalue weighted by atomic mass is 10.0. The number of β-amino-alcohol motifs (C(OH)–C–C–N with tert-alkyl or cyclic N) is 1. The first kappa shape index (κ1) is 17.5. The van der Waals surface area contributed by atoms with Gasteiger partial charge in [-0.3, -0.25) is 4.79 Å². The summed E-state index contributed by atoms with van der Waals surface area (Å²) in [6, 6.07) is 4.82. The van der Waals surface area contributed by atoms with Crippen molar-refractivity contribution in [3.63, 3.8) is 0 Å². The molecule has 0 spiro atoms. The number of aliphatic hydroxyl groups is 1. The first-order valence-corrected chi connectivity index (χ1v) is 8.30. The second kappa shape index (κ2) is 6.55. The van der Waals surface area contributed by atoms with E-state index < -0.39 is 18.1 Å². The summed E-state index contributed by atoms with van der Waals surface area (Å²) in [7, 11) is 1.26. The number of amides is 1. The van der Waals surface area contributed by atoms with Crippen molar-refractivity contribution in [2.24, 2.45) is 0 Å². The molecule has 0 saturated carbocycles. The molecule has 0 radical (unpaired) electrons. The van der Waals surface area contributed by atoms with E-state index in [-0.39, 0.29) is 31.1 Å². The Labute approximate surface area is 146 Å². The van der Waals surface area contributed by atoms with Gasteiger partial charge in [-0.1, -0.05) is 12.1 Å². The minimum absolute atomic E-state index is 0.0956. The van der Waals surface area contributed by atoms with E-state index in [1.54, 1.807) is 6.07 Å². The van der Waals surface area contributed by atoms with Crippen molar-refractivity contribution in [2.45, 2.75) is 44.4 Å². The average molecular weight is 349 g/mol. The van der Waals surface area contributed by atoms with Gasteiger partial charge < -0.3 is 24.2 Å². The molecule has 0 aromatic heterocycles. The van der Waals surface area contributed by atoms with Crippen molar-refractivity contribution in [2.75, 3.05) is 20.3 Å². The number of benzene rings is 1.